The number of aryl methyl sites for hydroxylation is 1. The maximum absolute atomic E-state index is 12.1. The van der Waals surface area contributed by atoms with Gasteiger partial charge in [0.05, 0.1) is 16.9 Å². The minimum Gasteiger partial charge on any atom is -0.348 e. The fourth-order valence-corrected chi connectivity index (χ4v) is 2.04. The second-order valence-corrected chi connectivity index (χ2v) is 4.85. The third kappa shape index (κ3) is 3.54. The summed E-state index contributed by atoms with van der Waals surface area (Å²) in [7, 11) is 0. The molecule has 2 aromatic heterocycles. The van der Waals surface area contributed by atoms with Crippen molar-refractivity contribution in [2.45, 2.75) is 26.4 Å². The maximum atomic E-state index is 12.1. The number of pyridine rings is 1. The second-order valence-electron chi connectivity index (χ2n) is 4.44. The monoisotopic (exact) mass is 278 g/mol. The molecule has 6 heteroatoms. The van der Waals surface area contributed by atoms with E-state index in [9.17, 15) is 4.79 Å². The van der Waals surface area contributed by atoms with Crippen LogP contribution in [0, 0.1) is 6.92 Å². The van der Waals surface area contributed by atoms with Gasteiger partial charge < -0.3 is 9.88 Å². The molecule has 1 N–H and O–H groups in total. The largest absolute Gasteiger partial charge is 0.348 e. The van der Waals surface area contributed by atoms with Gasteiger partial charge in [0.1, 0.15) is 0 Å². The Morgan fingerprint density at radius 1 is 1.58 bits per heavy atom. The molecule has 0 saturated carbocycles. The minimum atomic E-state index is -0.217. The normalized spacial score (nSPS) is 12.2. The molecule has 1 amide bonds. The van der Waals surface area contributed by atoms with Gasteiger partial charge in [-0.05, 0) is 19.9 Å². The van der Waals surface area contributed by atoms with Crippen molar-refractivity contribution in [3.63, 3.8) is 0 Å². The molecule has 2 rings (SSSR count). The number of carbonyl (C=O) groups is 1. The molecule has 0 saturated heterocycles. The molecule has 1 atom stereocenters. The average Bonchev–Trinajstić information content (AvgIpc) is 2.81. The lowest BCUT2D eigenvalue weighted by atomic mass is 10.2. The lowest BCUT2D eigenvalue weighted by molar-refractivity contribution is 0.0936. The number of nitrogens with one attached hydrogen (secondary N) is 1. The Morgan fingerprint density at radius 2 is 2.37 bits per heavy atom. The first-order valence-corrected chi connectivity index (χ1v) is 6.33. The smallest absolute Gasteiger partial charge is 0.254 e. The summed E-state index contributed by atoms with van der Waals surface area (Å²) < 4.78 is 1.90. The number of imidazole rings is 1. The highest BCUT2D eigenvalue weighted by molar-refractivity contribution is 6.33. The SMILES string of the molecule is Cc1cc(Cl)c(C(=O)NC(C)Cn2ccnc2)cn1. The average molecular weight is 279 g/mol. The Morgan fingerprint density at radius 3 is 3.00 bits per heavy atom. The predicted molar refractivity (Wildman–Crippen MR) is 73.1 cm³/mol. The van der Waals surface area contributed by atoms with Crippen LogP contribution in [-0.4, -0.2) is 26.5 Å². The molecule has 0 aromatic carbocycles. The van der Waals surface area contributed by atoms with Crippen LogP contribution in [0.5, 0.6) is 0 Å². The molecule has 0 radical (unpaired) electrons. The van der Waals surface area contributed by atoms with E-state index in [4.69, 9.17) is 11.6 Å². The van der Waals surface area contributed by atoms with Crippen LogP contribution >= 0.6 is 11.6 Å². The van der Waals surface area contributed by atoms with E-state index >= 15 is 0 Å². The Hall–Kier alpha value is -1.88. The fourth-order valence-electron chi connectivity index (χ4n) is 1.75. The van der Waals surface area contributed by atoms with Crippen LogP contribution in [0.2, 0.25) is 5.02 Å². The molecular weight excluding hydrogens is 264 g/mol. The van der Waals surface area contributed by atoms with Crippen LogP contribution in [0.4, 0.5) is 0 Å². The summed E-state index contributed by atoms with van der Waals surface area (Å²) in [6, 6.07) is 1.65. The standard InChI is InChI=1S/C13H15ClN4O/c1-9-5-12(14)11(6-16-9)13(19)17-10(2)7-18-4-3-15-8-18/h3-6,8,10H,7H2,1-2H3,(H,17,19). The molecule has 0 aliphatic heterocycles. The summed E-state index contributed by atoms with van der Waals surface area (Å²) in [5.74, 6) is -0.217. The first kappa shape index (κ1) is 13.5. The van der Waals surface area contributed by atoms with Gasteiger partial charge in [0, 0.05) is 36.9 Å². The van der Waals surface area contributed by atoms with Crippen molar-refractivity contribution in [2.24, 2.45) is 0 Å². The first-order valence-electron chi connectivity index (χ1n) is 5.95. The molecule has 0 aliphatic carbocycles. The lowest BCUT2D eigenvalue weighted by Crippen LogP contribution is -2.35. The van der Waals surface area contributed by atoms with Gasteiger partial charge in [-0.3, -0.25) is 9.78 Å². The molecule has 0 fully saturated rings. The van der Waals surface area contributed by atoms with E-state index in [0.29, 0.717) is 17.1 Å². The van der Waals surface area contributed by atoms with E-state index in [-0.39, 0.29) is 11.9 Å². The number of hydrogen-bond acceptors (Lipinski definition) is 3. The van der Waals surface area contributed by atoms with Gasteiger partial charge in [0.2, 0.25) is 0 Å². The van der Waals surface area contributed by atoms with Gasteiger partial charge in [0.25, 0.3) is 5.91 Å². The van der Waals surface area contributed by atoms with E-state index in [1.165, 1.54) is 6.20 Å². The lowest BCUT2D eigenvalue weighted by Gasteiger charge is -2.14. The third-order valence-electron chi connectivity index (χ3n) is 2.66. The van der Waals surface area contributed by atoms with Gasteiger partial charge in [0.15, 0.2) is 0 Å². The van der Waals surface area contributed by atoms with Crippen LogP contribution in [-0.2, 0) is 6.54 Å². The van der Waals surface area contributed by atoms with Crippen molar-refractivity contribution in [1.82, 2.24) is 19.9 Å². The summed E-state index contributed by atoms with van der Waals surface area (Å²) >= 11 is 6.03. The molecule has 0 bridgehead atoms. The molecule has 0 spiro atoms. The highest BCUT2D eigenvalue weighted by Crippen LogP contribution is 2.15. The summed E-state index contributed by atoms with van der Waals surface area (Å²) in [5, 5.41) is 3.30. The number of carbonyl (C=O) groups excluding carboxylic acids is 1. The zero-order chi connectivity index (χ0) is 13.8. The molecule has 19 heavy (non-hydrogen) atoms. The van der Waals surface area contributed by atoms with Crippen LogP contribution in [0.15, 0.2) is 31.0 Å². The van der Waals surface area contributed by atoms with Gasteiger partial charge in [-0.1, -0.05) is 11.6 Å². The second kappa shape index (κ2) is 5.84. The summed E-state index contributed by atoms with van der Waals surface area (Å²) in [5.41, 5.74) is 1.18. The van der Waals surface area contributed by atoms with E-state index < -0.39 is 0 Å². The number of halogens is 1. The maximum Gasteiger partial charge on any atom is 0.254 e. The molecule has 5 nitrogen and oxygen atoms in total. The van der Waals surface area contributed by atoms with E-state index in [2.05, 4.69) is 15.3 Å². The highest BCUT2D eigenvalue weighted by atomic mass is 35.5. The Bertz CT molecular complexity index is 568. The van der Waals surface area contributed by atoms with Crippen molar-refractivity contribution >= 4 is 17.5 Å². The Kier molecular flexibility index (Phi) is 4.16. The van der Waals surface area contributed by atoms with Crippen LogP contribution in [0.25, 0.3) is 0 Å². The molecule has 100 valence electrons. The van der Waals surface area contributed by atoms with Gasteiger partial charge in [-0.2, -0.15) is 0 Å². The van der Waals surface area contributed by atoms with Crippen molar-refractivity contribution in [2.75, 3.05) is 0 Å². The van der Waals surface area contributed by atoms with Gasteiger partial charge in [-0.25, -0.2) is 4.98 Å². The first-order chi connectivity index (χ1) is 9.06. The Labute approximate surface area is 116 Å². The predicted octanol–water partition coefficient (Wildman–Crippen LogP) is 2.06. The van der Waals surface area contributed by atoms with E-state index in [1.807, 2.05) is 24.6 Å². The van der Waals surface area contributed by atoms with Gasteiger partial charge >= 0.3 is 0 Å². The van der Waals surface area contributed by atoms with Crippen LogP contribution < -0.4 is 5.32 Å². The number of nitrogens with zero attached hydrogens (tertiary/aromatic N) is 3. The quantitative estimate of drug-likeness (QED) is 0.931. The van der Waals surface area contributed by atoms with Crippen molar-refractivity contribution in [1.29, 1.82) is 0 Å². The molecule has 2 heterocycles. The molecule has 1 unspecified atom stereocenters. The van der Waals surface area contributed by atoms with E-state index in [1.54, 1.807) is 18.6 Å². The summed E-state index contributed by atoms with van der Waals surface area (Å²) in [6.45, 7) is 4.41. The number of rotatable bonds is 4. The molecular formula is C13H15ClN4O. The van der Waals surface area contributed by atoms with E-state index in [0.717, 1.165) is 5.69 Å². The number of aromatic nitrogens is 3. The zero-order valence-electron chi connectivity index (χ0n) is 10.8. The van der Waals surface area contributed by atoms with Crippen molar-refractivity contribution in [3.05, 3.63) is 47.3 Å². The van der Waals surface area contributed by atoms with Crippen LogP contribution in [0.3, 0.4) is 0 Å². The number of hydrogen-bond donors (Lipinski definition) is 1. The highest BCUT2D eigenvalue weighted by Gasteiger charge is 2.13. The summed E-state index contributed by atoms with van der Waals surface area (Å²) in [4.78, 5) is 20.1. The summed E-state index contributed by atoms with van der Waals surface area (Å²) in [6.07, 6.45) is 6.76. The molecule has 2 aromatic rings. The zero-order valence-corrected chi connectivity index (χ0v) is 11.6. The third-order valence-corrected chi connectivity index (χ3v) is 2.97. The topological polar surface area (TPSA) is 59.8 Å². The van der Waals surface area contributed by atoms with Gasteiger partial charge in [-0.15, -0.1) is 0 Å². The van der Waals surface area contributed by atoms with Crippen molar-refractivity contribution in [3.8, 4) is 0 Å². The minimum absolute atomic E-state index is 0.0286. The van der Waals surface area contributed by atoms with Crippen LogP contribution in [0.1, 0.15) is 23.0 Å². The molecule has 0 aliphatic rings. The Balaban J connectivity index is 2.00. The fraction of sp³-hybridized carbons (Fsp3) is 0.308. The van der Waals surface area contributed by atoms with Crippen molar-refractivity contribution < 1.29 is 4.79 Å². The number of amides is 1.